The summed E-state index contributed by atoms with van der Waals surface area (Å²) >= 11 is 0. The molecule has 0 aliphatic carbocycles. The number of aromatic nitrogens is 3. The first-order chi connectivity index (χ1) is 11.9. The largest absolute Gasteiger partial charge is 0.417 e. The molecule has 25 heavy (non-hydrogen) atoms. The quantitative estimate of drug-likeness (QED) is 0.572. The van der Waals surface area contributed by atoms with Gasteiger partial charge in [0.1, 0.15) is 5.82 Å². The highest BCUT2D eigenvalue weighted by molar-refractivity contribution is 5.99. The van der Waals surface area contributed by atoms with E-state index in [2.05, 4.69) is 20.5 Å². The Balaban J connectivity index is 1.69. The van der Waals surface area contributed by atoms with Crippen molar-refractivity contribution in [2.75, 3.05) is 5.43 Å². The monoisotopic (exact) mass is 345 g/mol. The normalized spacial score (nSPS) is 12.2. The Morgan fingerprint density at radius 2 is 1.88 bits per heavy atom. The lowest BCUT2D eigenvalue weighted by Gasteiger charge is -2.07. The van der Waals surface area contributed by atoms with Crippen molar-refractivity contribution in [2.45, 2.75) is 13.1 Å². The topological polar surface area (TPSA) is 55.1 Å². The van der Waals surface area contributed by atoms with Gasteiger partial charge in [0.2, 0.25) is 0 Å². The van der Waals surface area contributed by atoms with Crippen LogP contribution < -0.4 is 5.43 Å². The number of hydrogen-bond donors (Lipinski definition) is 1. The summed E-state index contributed by atoms with van der Waals surface area (Å²) in [6.45, 7) is 1.79. The van der Waals surface area contributed by atoms with Crippen LogP contribution in [0.1, 0.15) is 18.1 Å². The molecule has 0 aliphatic heterocycles. The van der Waals surface area contributed by atoms with E-state index in [1.807, 2.05) is 35.0 Å². The lowest BCUT2D eigenvalue weighted by molar-refractivity contribution is -0.137. The first-order valence-electron chi connectivity index (χ1n) is 7.36. The highest BCUT2D eigenvalue weighted by Gasteiger charge is 2.30. The van der Waals surface area contributed by atoms with Crippen molar-refractivity contribution in [1.82, 2.24) is 14.5 Å². The molecular weight excluding hydrogens is 331 g/mol. The first-order valence-corrected chi connectivity index (χ1v) is 7.36. The third-order valence-electron chi connectivity index (χ3n) is 3.52. The van der Waals surface area contributed by atoms with Crippen molar-refractivity contribution >= 4 is 11.5 Å². The number of pyridine rings is 1. The van der Waals surface area contributed by atoms with E-state index < -0.39 is 11.7 Å². The molecular formula is C17H14F3N5. The van der Waals surface area contributed by atoms with Gasteiger partial charge in [0.25, 0.3) is 0 Å². The second-order valence-corrected chi connectivity index (χ2v) is 5.26. The van der Waals surface area contributed by atoms with Crippen molar-refractivity contribution in [3.8, 4) is 5.69 Å². The zero-order valence-corrected chi connectivity index (χ0v) is 13.2. The Hall–Kier alpha value is -3.16. The molecule has 3 aromatic rings. The van der Waals surface area contributed by atoms with E-state index in [-0.39, 0.29) is 5.82 Å². The number of hydrazone groups is 1. The summed E-state index contributed by atoms with van der Waals surface area (Å²) < 4.78 is 39.4. The molecule has 0 amide bonds. The fraction of sp³-hybridized carbons (Fsp3) is 0.118. The lowest BCUT2D eigenvalue weighted by atomic mass is 10.1. The van der Waals surface area contributed by atoms with Gasteiger partial charge in [-0.25, -0.2) is 9.97 Å². The summed E-state index contributed by atoms with van der Waals surface area (Å²) in [6, 6.07) is 9.84. The average molecular weight is 345 g/mol. The van der Waals surface area contributed by atoms with Crippen LogP contribution >= 0.6 is 0 Å². The molecule has 2 aromatic heterocycles. The molecule has 0 atom stereocenters. The number of nitrogens with one attached hydrogen (secondary N) is 1. The Morgan fingerprint density at radius 1 is 1.12 bits per heavy atom. The van der Waals surface area contributed by atoms with Crippen molar-refractivity contribution < 1.29 is 13.2 Å². The molecule has 0 aliphatic rings. The van der Waals surface area contributed by atoms with E-state index in [1.54, 1.807) is 19.4 Å². The molecule has 5 nitrogen and oxygen atoms in total. The molecule has 0 saturated carbocycles. The fourth-order valence-electron chi connectivity index (χ4n) is 2.12. The van der Waals surface area contributed by atoms with Gasteiger partial charge in [-0.3, -0.25) is 5.43 Å². The van der Waals surface area contributed by atoms with E-state index in [9.17, 15) is 13.2 Å². The molecule has 1 N–H and O–H groups in total. The molecule has 3 rings (SSSR count). The minimum absolute atomic E-state index is 0.238. The van der Waals surface area contributed by atoms with Crippen LogP contribution in [0.5, 0.6) is 0 Å². The minimum Gasteiger partial charge on any atom is -0.306 e. The lowest BCUT2D eigenvalue weighted by Crippen LogP contribution is -2.06. The molecule has 0 fully saturated rings. The second-order valence-electron chi connectivity index (χ2n) is 5.26. The number of rotatable bonds is 4. The van der Waals surface area contributed by atoms with Crippen molar-refractivity contribution in [3.63, 3.8) is 0 Å². The van der Waals surface area contributed by atoms with Crippen molar-refractivity contribution in [2.24, 2.45) is 5.10 Å². The van der Waals surface area contributed by atoms with Crippen molar-refractivity contribution in [1.29, 1.82) is 0 Å². The molecule has 0 unspecified atom stereocenters. The highest BCUT2D eigenvalue weighted by Crippen LogP contribution is 2.28. The second kappa shape index (κ2) is 6.76. The van der Waals surface area contributed by atoms with Gasteiger partial charge in [-0.15, -0.1) is 0 Å². The van der Waals surface area contributed by atoms with E-state index in [0.717, 1.165) is 23.5 Å². The van der Waals surface area contributed by atoms with Crippen LogP contribution in [0.15, 0.2) is 66.4 Å². The van der Waals surface area contributed by atoms with E-state index in [0.29, 0.717) is 5.71 Å². The van der Waals surface area contributed by atoms with Crippen molar-refractivity contribution in [3.05, 3.63) is 72.4 Å². The van der Waals surface area contributed by atoms with Gasteiger partial charge < -0.3 is 4.57 Å². The summed E-state index contributed by atoms with van der Waals surface area (Å²) in [5.74, 6) is 0.238. The molecule has 1 aromatic carbocycles. The first kappa shape index (κ1) is 16.7. The summed E-state index contributed by atoms with van der Waals surface area (Å²) in [6.07, 6.45) is 1.61. The van der Waals surface area contributed by atoms with Gasteiger partial charge >= 0.3 is 6.18 Å². The summed E-state index contributed by atoms with van der Waals surface area (Å²) in [4.78, 5) is 7.70. The fourth-order valence-corrected chi connectivity index (χ4v) is 2.12. The van der Waals surface area contributed by atoms with Gasteiger partial charge in [0, 0.05) is 24.3 Å². The number of anilines is 1. The van der Waals surface area contributed by atoms with E-state index >= 15 is 0 Å². The average Bonchev–Trinajstić information content (AvgIpc) is 3.14. The third kappa shape index (κ3) is 4.03. The molecule has 2 heterocycles. The Bertz CT molecular complexity index is 851. The maximum absolute atomic E-state index is 12.5. The SMILES string of the molecule is C/C(=N\Nc1ccc(C(F)(F)F)cn1)c1ccc(-n2ccnc2)cc1. The zero-order valence-electron chi connectivity index (χ0n) is 13.2. The summed E-state index contributed by atoms with van der Waals surface area (Å²) in [7, 11) is 0. The van der Waals surface area contributed by atoms with Crippen LogP contribution in [0.3, 0.4) is 0 Å². The van der Waals surface area contributed by atoms with Crippen LogP contribution in [0.25, 0.3) is 5.69 Å². The van der Waals surface area contributed by atoms with Gasteiger partial charge in [0.05, 0.1) is 17.6 Å². The molecule has 128 valence electrons. The number of benzene rings is 1. The number of imidazole rings is 1. The Morgan fingerprint density at radius 3 is 2.44 bits per heavy atom. The Labute approximate surface area is 141 Å². The van der Waals surface area contributed by atoms with Crippen LogP contribution in [0.4, 0.5) is 19.0 Å². The van der Waals surface area contributed by atoms with Crippen LogP contribution in [0.2, 0.25) is 0 Å². The molecule has 0 spiro atoms. The van der Waals surface area contributed by atoms with Crippen LogP contribution in [0, 0.1) is 0 Å². The molecule has 0 radical (unpaired) electrons. The van der Waals surface area contributed by atoms with E-state index in [1.165, 1.54) is 6.07 Å². The van der Waals surface area contributed by atoms with Crippen LogP contribution in [-0.2, 0) is 6.18 Å². The predicted octanol–water partition coefficient (Wildman–Crippen LogP) is 4.12. The smallest absolute Gasteiger partial charge is 0.306 e. The van der Waals surface area contributed by atoms with Gasteiger partial charge in [-0.2, -0.15) is 18.3 Å². The van der Waals surface area contributed by atoms with Gasteiger partial charge in [0.15, 0.2) is 0 Å². The molecule has 0 bridgehead atoms. The van der Waals surface area contributed by atoms with Crippen LogP contribution in [-0.4, -0.2) is 20.2 Å². The highest BCUT2D eigenvalue weighted by atomic mass is 19.4. The predicted molar refractivity (Wildman–Crippen MR) is 88.6 cm³/mol. The minimum atomic E-state index is -4.40. The number of hydrogen-bond acceptors (Lipinski definition) is 4. The summed E-state index contributed by atoms with van der Waals surface area (Å²) in [5, 5.41) is 4.15. The van der Waals surface area contributed by atoms with E-state index in [4.69, 9.17) is 0 Å². The summed E-state index contributed by atoms with van der Waals surface area (Å²) in [5.41, 5.74) is 4.38. The molecule has 8 heteroatoms. The maximum Gasteiger partial charge on any atom is 0.417 e. The number of nitrogens with zero attached hydrogens (tertiary/aromatic N) is 4. The number of alkyl halides is 3. The van der Waals surface area contributed by atoms with Gasteiger partial charge in [-0.1, -0.05) is 12.1 Å². The number of halogens is 3. The maximum atomic E-state index is 12.5. The molecule has 0 saturated heterocycles. The van der Waals surface area contributed by atoms with Gasteiger partial charge in [-0.05, 0) is 36.8 Å². The standard InChI is InChI=1S/C17H14F3N5/c1-12(13-2-5-15(6-3-13)25-9-8-21-11-25)23-24-16-7-4-14(10-22-16)17(18,19)20/h2-11H,1H3,(H,22,24)/b23-12+. The third-order valence-corrected chi connectivity index (χ3v) is 3.52. The Kier molecular flexibility index (Phi) is 4.51. The zero-order chi connectivity index (χ0) is 17.9.